The van der Waals surface area contributed by atoms with E-state index in [1.54, 1.807) is 0 Å². The Labute approximate surface area is 171 Å². The molecular formula is C22H21F3N2O3. The Hall–Kier alpha value is -3.03. The lowest BCUT2D eigenvalue weighted by Crippen LogP contribution is -2.43. The number of alkyl halides is 3. The van der Waals surface area contributed by atoms with Gasteiger partial charge in [-0.1, -0.05) is 48.5 Å². The lowest BCUT2D eigenvalue weighted by Gasteiger charge is -2.45. The van der Waals surface area contributed by atoms with Crippen molar-refractivity contribution < 1.29 is 27.5 Å². The fraction of sp³-hybridized carbons (Fsp3) is 0.364. The molecule has 0 saturated heterocycles. The topological polar surface area (TPSA) is 67.4 Å². The van der Waals surface area contributed by atoms with E-state index in [-0.39, 0.29) is 17.8 Å². The largest absolute Gasteiger partial charge is 0.440 e. The Bertz CT molecular complexity index is 913. The number of carbonyl (C=O) groups is 2. The highest BCUT2D eigenvalue weighted by molar-refractivity contribution is 5.82. The van der Waals surface area contributed by atoms with Crippen LogP contribution in [0.15, 0.2) is 48.5 Å². The average molecular weight is 418 g/mol. The fourth-order valence-electron chi connectivity index (χ4n) is 4.62. The highest BCUT2D eigenvalue weighted by atomic mass is 19.4. The highest BCUT2D eigenvalue weighted by Gasteiger charge is 2.42. The number of fused-ring (bicyclic) bond motifs is 1. The number of amides is 2. The smallest absolute Gasteiger partial charge is 0.422 e. The zero-order valence-corrected chi connectivity index (χ0v) is 16.0. The number of halogens is 3. The molecule has 8 heteroatoms. The third kappa shape index (κ3) is 4.13. The molecule has 2 bridgehead atoms. The fourth-order valence-corrected chi connectivity index (χ4v) is 4.62. The lowest BCUT2D eigenvalue weighted by atomic mass is 9.59. The van der Waals surface area contributed by atoms with E-state index < -0.39 is 31.3 Å². The van der Waals surface area contributed by atoms with Crippen molar-refractivity contribution in [2.24, 2.45) is 5.92 Å². The van der Waals surface area contributed by atoms with E-state index in [2.05, 4.69) is 34.3 Å². The van der Waals surface area contributed by atoms with Crippen LogP contribution in [0.25, 0.3) is 0 Å². The van der Waals surface area contributed by atoms with Gasteiger partial charge in [0.15, 0.2) is 6.61 Å². The summed E-state index contributed by atoms with van der Waals surface area (Å²) in [5, 5.41) is 4.83. The second kappa shape index (κ2) is 8.01. The van der Waals surface area contributed by atoms with Crippen molar-refractivity contribution in [2.75, 3.05) is 19.7 Å². The van der Waals surface area contributed by atoms with E-state index in [9.17, 15) is 22.8 Å². The van der Waals surface area contributed by atoms with E-state index >= 15 is 0 Å². The van der Waals surface area contributed by atoms with Crippen LogP contribution in [0.4, 0.5) is 18.0 Å². The summed E-state index contributed by atoms with van der Waals surface area (Å²) in [5.74, 6) is 0.176. The normalized spacial score (nSPS) is 21.4. The van der Waals surface area contributed by atoms with Crippen LogP contribution in [0.2, 0.25) is 0 Å². The number of rotatable bonds is 5. The molecule has 0 aliphatic heterocycles. The maximum atomic E-state index is 12.1. The summed E-state index contributed by atoms with van der Waals surface area (Å²) in [4.78, 5) is 23.4. The van der Waals surface area contributed by atoms with Crippen molar-refractivity contribution >= 4 is 12.0 Å². The Morgan fingerprint density at radius 1 is 0.933 bits per heavy atom. The maximum Gasteiger partial charge on any atom is 0.422 e. The lowest BCUT2D eigenvalue weighted by molar-refractivity contribution is -0.160. The predicted octanol–water partition coefficient (Wildman–Crippen LogP) is 3.69. The molecule has 2 amide bonds. The van der Waals surface area contributed by atoms with E-state index in [1.165, 1.54) is 22.3 Å². The SMILES string of the molecule is O=C(CNC(=O)OCC(F)(F)F)NCC1CC2c3ccccc3C1c1ccccc12. The van der Waals surface area contributed by atoms with E-state index in [0.29, 0.717) is 6.54 Å². The number of hydrogen-bond acceptors (Lipinski definition) is 3. The van der Waals surface area contributed by atoms with Gasteiger partial charge in [-0.25, -0.2) is 4.79 Å². The summed E-state index contributed by atoms with van der Waals surface area (Å²) in [5.41, 5.74) is 5.22. The second-order valence-electron chi connectivity index (χ2n) is 7.63. The van der Waals surface area contributed by atoms with Gasteiger partial charge >= 0.3 is 12.3 Å². The molecule has 158 valence electrons. The third-order valence-electron chi connectivity index (χ3n) is 5.74. The van der Waals surface area contributed by atoms with Crippen LogP contribution in [0.5, 0.6) is 0 Å². The molecule has 1 unspecified atom stereocenters. The Morgan fingerprint density at radius 2 is 1.50 bits per heavy atom. The second-order valence-corrected chi connectivity index (χ2v) is 7.63. The van der Waals surface area contributed by atoms with E-state index in [4.69, 9.17) is 0 Å². The first-order valence-electron chi connectivity index (χ1n) is 9.75. The van der Waals surface area contributed by atoms with Crippen molar-refractivity contribution in [2.45, 2.75) is 24.4 Å². The standard InChI is InChI=1S/C22H21F3N2O3/c23-22(24,25)12-30-21(29)27-11-19(28)26-10-13-9-18-14-5-1-3-7-16(14)20(13)17-8-4-2-6-15(17)18/h1-8,13,18,20H,9-12H2,(H,26,28)(H,27,29). The van der Waals surface area contributed by atoms with Crippen LogP contribution in [-0.4, -0.2) is 37.9 Å². The molecule has 0 fully saturated rings. The number of hydrogen-bond donors (Lipinski definition) is 2. The van der Waals surface area contributed by atoms with Crippen LogP contribution in [0, 0.1) is 5.92 Å². The number of benzene rings is 2. The van der Waals surface area contributed by atoms with Crippen molar-refractivity contribution in [3.05, 3.63) is 70.8 Å². The van der Waals surface area contributed by atoms with Gasteiger partial charge in [0.1, 0.15) is 0 Å². The van der Waals surface area contributed by atoms with Crippen LogP contribution in [0.1, 0.15) is 40.5 Å². The van der Waals surface area contributed by atoms with E-state index in [0.717, 1.165) is 6.42 Å². The van der Waals surface area contributed by atoms with Gasteiger partial charge in [-0.05, 0) is 34.6 Å². The third-order valence-corrected chi connectivity index (χ3v) is 5.74. The minimum absolute atomic E-state index is 0.174. The quantitative estimate of drug-likeness (QED) is 0.778. The van der Waals surface area contributed by atoms with Gasteiger partial charge in [-0.3, -0.25) is 4.79 Å². The van der Waals surface area contributed by atoms with Gasteiger partial charge < -0.3 is 15.4 Å². The molecule has 0 spiro atoms. The Kier molecular flexibility index (Phi) is 5.40. The molecule has 5 nitrogen and oxygen atoms in total. The Balaban J connectivity index is 1.36. The van der Waals surface area contributed by atoms with Gasteiger partial charge in [0.05, 0.1) is 6.54 Å². The van der Waals surface area contributed by atoms with Gasteiger partial charge in [-0.2, -0.15) is 13.2 Å². The minimum Gasteiger partial charge on any atom is -0.440 e. The minimum atomic E-state index is -4.60. The molecule has 1 atom stereocenters. The summed E-state index contributed by atoms with van der Waals surface area (Å²) in [7, 11) is 0. The molecule has 5 rings (SSSR count). The van der Waals surface area contributed by atoms with Crippen LogP contribution in [0.3, 0.4) is 0 Å². The number of ether oxygens (including phenoxy) is 1. The number of carbonyl (C=O) groups excluding carboxylic acids is 2. The molecule has 0 aromatic heterocycles. The van der Waals surface area contributed by atoms with Crippen LogP contribution >= 0.6 is 0 Å². The van der Waals surface area contributed by atoms with Gasteiger partial charge in [-0.15, -0.1) is 0 Å². The molecule has 30 heavy (non-hydrogen) atoms. The summed E-state index contributed by atoms with van der Waals surface area (Å²) in [6, 6.07) is 16.7. The van der Waals surface area contributed by atoms with Gasteiger partial charge in [0.25, 0.3) is 0 Å². The van der Waals surface area contributed by atoms with Crippen molar-refractivity contribution in [1.82, 2.24) is 10.6 Å². The number of alkyl carbamates (subject to hydrolysis) is 1. The first kappa shape index (κ1) is 20.3. The molecule has 2 N–H and O–H groups in total. The van der Waals surface area contributed by atoms with Crippen LogP contribution < -0.4 is 10.6 Å². The predicted molar refractivity (Wildman–Crippen MR) is 103 cm³/mol. The molecule has 0 saturated carbocycles. The average Bonchev–Trinajstić information content (AvgIpc) is 2.74. The van der Waals surface area contributed by atoms with Crippen molar-refractivity contribution in [3.63, 3.8) is 0 Å². The van der Waals surface area contributed by atoms with Crippen LogP contribution in [-0.2, 0) is 9.53 Å². The van der Waals surface area contributed by atoms with Gasteiger partial charge in [0.2, 0.25) is 5.91 Å². The Morgan fingerprint density at radius 3 is 2.07 bits per heavy atom. The zero-order chi connectivity index (χ0) is 21.3. The monoisotopic (exact) mass is 418 g/mol. The summed E-state index contributed by atoms with van der Waals surface area (Å²) < 4.78 is 40.1. The first-order valence-corrected chi connectivity index (χ1v) is 9.75. The van der Waals surface area contributed by atoms with E-state index in [1.807, 2.05) is 29.6 Å². The van der Waals surface area contributed by atoms with Crippen molar-refractivity contribution in [1.29, 1.82) is 0 Å². The molecule has 2 aromatic rings. The zero-order valence-electron chi connectivity index (χ0n) is 16.0. The van der Waals surface area contributed by atoms with Gasteiger partial charge in [0, 0.05) is 18.4 Å². The van der Waals surface area contributed by atoms with Crippen molar-refractivity contribution in [3.8, 4) is 0 Å². The summed E-state index contributed by atoms with van der Waals surface area (Å²) in [6.07, 6.45) is -4.98. The molecule has 3 aliphatic carbocycles. The first-order chi connectivity index (χ1) is 14.3. The molecule has 2 aromatic carbocycles. The molecule has 0 radical (unpaired) electrons. The number of nitrogens with one attached hydrogen (secondary N) is 2. The molecular weight excluding hydrogens is 397 g/mol. The summed E-state index contributed by atoms with van der Waals surface area (Å²) in [6.45, 7) is -1.71. The highest BCUT2D eigenvalue weighted by Crippen LogP contribution is 2.55. The maximum absolute atomic E-state index is 12.1. The summed E-state index contributed by atoms with van der Waals surface area (Å²) >= 11 is 0. The molecule has 0 heterocycles. The molecule has 3 aliphatic rings.